The minimum absolute atomic E-state index is 0.00706. The molecule has 0 atom stereocenters. The Hall–Kier alpha value is -0.640. The molecule has 0 amide bonds. The first-order valence-corrected chi connectivity index (χ1v) is 7.29. The number of hydrogen-bond acceptors (Lipinski definition) is 4. The Balaban J connectivity index is 2.80. The Morgan fingerprint density at radius 2 is 2.06 bits per heavy atom. The van der Waals surface area contributed by atoms with Crippen molar-refractivity contribution in [3.63, 3.8) is 0 Å². The lowest BCUT2D eigenvalue weighted by Crippen LogP contribution is -2.30. The molecular formula is C9H13F3N2O2S2. The summed E-state index contributed by atoms with van der Waals surface area (Å²) in [6.45, 7) is -0.403. The standard InChI is InChI=1S/C9H13F3N2O2S2/c1-14(3-2-9(10,11)12)18(15,16)8-4-7(5-13)6-17-8/h4,6H,2-3,5,13H2,1H3. The molecule has 1 rings (SSSR count). The highest BCUT2D eigenvalue weighted by molar-refractivity contribution is 7.91. The topological polar surface area (TPSA) is 63.4 Å². The van der Waals surface area contributed by atoms with Gasteiger partial charge in [-0.15, -0.1) is 11.3 Å². The highest BCUT2D eigenvalue weighted by atomic mass is 32.2. The van der Waals surface area contributed by atoms with Crippen molar-refractivity contribution in [2.45, 2.75) is 23.4 Å². The average molecular weight is 302 g/mol. The van der Waals surface area contributed by atoms with E-state index in [1.165, 1.54) is 6.07 Å². The summed E-state index contributed by atoms with van der Waals surface area (Å²) >= 11 is 0.952. The van der Waals surface area contributed by atoms with E-state index < -0.39 is 29.2 Å². The summed E-state index contributed by atoms with van der Waals surface area (Å²) in [6.07, 6.45) is -5.54. The lowest BCUT2D eigenvalue weighted by atomic mass is 10.4. The molecule has 2 N–H and O–H groups in total. The van der Waals surface area contributed by atoms with Gasteiger partial charge in [-0.3, -0.25) is 0 Å². The first-order valence-electron chi connectivity index (χ1n) is 4.97. The van der Waals surface area contributed by atoms with Crippen molar-refractivity contribution in [3.05, 3.63) is 17.0 Å². The maximum atomic E-state index is 12.0. The molecule has 104 valence electrons. The third kappa shape index (κ3) is 3.94. The summed E-state index contributed by atoms with van der Waals surface area (Å²) in [5.41, 5.74) is 5.99. The third-order valence-electron chi connectivity index (χ3n) is 2.24. The van der Waals surface area contributed by atoms with E-state index in [1.54, 1.807) is 5.38 Å². The maximum Gasteiger partial charge on any atom is 0.390 e. The summed E-state index contributed by atoms with van der Waals surface area (Å²) < 4.78 is 60.6. The highest BCUT2D eigenvalue weighted by Gasteiger charge is 2.30. The van der Waals surface area contributed by atoms with Crippen molar-refractivity contribution < 1.29 is 21.6 Å². The van der Waals surface area contributed by atoms with E-state index in [0.717, 1.165) is 18.4 Å². The second-order valence-corrected chi connectivity index (χ2v) is 6.85. The van der Waals surface area contributed by atoms with E-state index in [0.29, 0.717) is 9.87 Å². The van der Waals surface area contributed by atoms with Gasteiger partial charge >= 0.3 is 6.18 Å². The molecule has 1 aromatic rings. The van der Waals surface area contributed by atoms with Crippen LogP contribution in [0.5, 0.6) is 0 Å². The summed E-state index contributed by atoms with van der Waals surface area (Å²) in [6, 6.07) is 1.38. The molecule has 0 spiro atoms. The number of sulfonamides is 1. The normalized spacial score (nSPS) is 13.2. The zero-order chi connectivity index (χ0) is 14.0. The Kier molecular flexibility index (Phi) is 4.76. The van der Waals surface area contributed by atoms with Crippen LogP contribution in [0.3, 0.4) is 0 Å². The lowest BCUT2D eigenvalue weighted by Gasteiger charge is -2.16. The van der Waals surface area contributed by atoms with E-state index in [2.05, 4.69) is 0 Å². The first-order chi connectivity index (χ1) is 8.16. The monoisotopic (exact) mass is 302 g/mol. The zero-order valence-electron chi connectivity index (χ0n) is 9.57. The van der Waals surface area contributed by atoms with Gasteiger partial charge in [0.15, 0.2) is 0 Å². The molecule has 0 saturated carbocycles. The van der Waals surface area contributed by atoms with Gasteiger partial charge in [0, 0.05) is 20.1 Å². The van der Waals surface area contributed by atoms with Crippen LogP contribution in [0.25, 0.3) is 0 Å². The van der Waals surface area contributed by atoms with Crippen LogP contribution in [0.2, 0.25) is 0 Å². The minimum atomic E-state index is -4.37. The molecule has 4 nitrogen and oxygen atoms in total. The molecule has 1 heterocycles. The molecule has 0 aliphatic rings. The predicted octanol–water partition coefficient (Wildman–Crippen LogP) is 1.78. The van der Waals surface area contributed by atoms with Gasteiger partial charge in [0.1, 0.15) is 4.21 Å². The van der Waals surface area contributed by atoms with Gasteiger partial charge < -0.3 is 5.73 Å². The zero-order valence-corrected chi connectivity index (χ0v) is 11.2. The SMILES string of the molecule is CN(CCC(F)(F)F)S(=O)(=O)c1cc(CN)cs1. The van der Waals surface area contributed by atoms with Crippen LogP contribution in [0.15, 0.2) is 15.7 Å². The van der Waals surface area contributed by atoms with Crippen LogP contribution in [-0.2, 0) is 16.6 Å². The largest absolute Gasteiger partial charge is 0.390 e. The van der Waals surface area contributed by atoms with Gasteiger partial charge in [-0.2, -0.15) is 17.5 Å². The first kappa shape index (κ1) is 15.4. The van der Waals surface area contributed by atoms with Crippen LogP contribution >= 0.6 is 11.3 Å². The number of thiophene rings is 1. The molecule has 18 heavy (non-hydrogen) atoms. The average Bonchev–Trinajstić information content (AvgIpc) is 2.73. The highest BCUT2D eigenvalue weighted by Crippen LogP contribution is 2.25. The Bertz CT molecular complexity index is 496. The third-order valence-corrected chi connectivity index (χ3v) is 5.56. The number of halogens is 3. The minimum Gasteiger partial charge on any atom is -0.326 e. The number of rotatable bonds is 5. The van der Waals surface area contributed by atoms with E-state index in [4.69, 9.17) is 5.73 Å². The van der Waals surface area contributed by atoms with Gasteiger partial charge in [0.05, 0.1) is 6.42 Å². The van der Waals surface area contributed by atoms with Crippen LogP contribution < -0.4 is 5.73 Å². The molecule has 0 fully saturated rings. The number of alkyl halides is 3. The molecular weight excluding hydrogens is 289 g/mol. The molecule has 0 aliphatic heterocycles. The van der Waals surface area contributed by atoms with Crippen molar-refractivity contribution in [3.8, 4) is 0 Å². The number of hydrogen-bond donors (Lipinski definition) is 1. The van der Waals surface area contributed by atoms with Crippen LogP contribution in [0.1, 0.15) is 12.0 Å². The van der Waals surface area contributed by atoms with Crippen LogP contribution in [-0.4, -0.2) is 32.5 Å². The van der Waals surface area contributed by atoms with E-state index in [-0.39, 0.29) is 10.8 Å². The summed E-state index contributed by atoms with van der Waals surface area (Å²) in [5.74, 6) is 0. The Morgan fingerprint density at radius 3 is 2.50 bits per heavy atom. The van der Waals surface area contributed by atoms with Crippen LogP contribution in [0.4, 0.5) is 13.2 Å². The molecule has 9 heteroatoms. The van der Waals surface area contributed by atoms with Crippen LogP contribution in [0, 0.1) is 0 Å². The molecule has 0 aromatic carbocycles. The summed E-state index contributed by atoms with van der Waals surface area (Å²) in [7, 11) is -2.73. The number of nitrogens with two attached hydrogens (primary N) is 1. The molecule has 0 aliphatic carbocycles. The van der Waals surface area contributed by atoms with E-state index in [1.807, 2.05) is 0 Å². The predicted molar refractivity (Wildman–Crippen MR) is 62.7 cm³/mol. The van der Waals surface area contributed by atoms with Crippen molar-refractivity contribution in [2.75, 3.05) is 13.6 Å². The second kappa shape index (κ2) is 5.55. The fourth-order valence-electron chi connectivity index (χ4n) is 1.15. The van der Waals surface area contributed by atoms with Crippen molar-refractivity contribution in [1.29, 1.82) is 0 Å². The Labute approximate surface area is 107 Å². The van der Waals surface area contributed by atoms with Crippen molar-refractivity contribution in [1.82, 2.24) is 4.31 Å². The molecule has 0 saturated heterocycles. The lowest BCUT2D eigenvalue weighted by molar-refractivity contribution is -0.135. The quantitative estimate of drug-likeness (QED) is 0.902. The molecule has 0 bridgehead atoms. The molecule has 0 radical (unpaired) electrons. The van der Waals surface area contributed by atoms with Gasteiger partial charge in [0.2, 0.25) is 0 Å². The second-order valence-electron chi connectivity index (χ2n) is 3.67. The van der Waals surface area contributed by atoms with Gasteiger partial charge in [0.25, 0.3) is 10.0 Å². The van der Waals surface area contributed by atoms with Crippen molar-refractivity contribution >= 4 is 21.4 Å². The van der Waals surface area contributed by atoms with Crippen molar-refractivity contribution in [2.24, 2.45) is 5.73 Å². The summed E-state index contributed by atoms with van der Waals surface area (Å²) in [4.78, 5) is 0. The van der Waals surface area contributed by atoms with E-state index >= 15 is 0 Å². The van der Waals surface area contributed by atoms with Gasteiger partial charge in [-0.1, -0.05) is 0 Å². The smallest absolute Gasteiger partial charge is 0.326 e. The molecule has 0 unspecified atom stereocenters. The summed E-state index contributed by atoms with van der Waals surface area (Å²) in [5, 5.41) is 1.57. The van der Waals surface area contributed by atoms with Gasteiger partial charge in [-0.25, -0.2) is 8.42 Å². The Morgan fingerprint density at radius 1 is 1.44 bits per heavy atom. The molecule has 1 aromatic heterocycles. The van der Waals surface area contributed by atoms with Gasteiger partial charge in [-0.05, 0) is 17.0 Å². The van der Waals surface area contributed by atoms with E-state index in [9.17, 15) is 21.6 Å². The maximum absolute atomic E-state index is 12.0. The fraction of sp³-hybridized carbons (Fsp3) is 0.556. The fourth-order valence-corrected chi connectivity index (χ4v) is 3.76. The number of nitrogens with zero attached hydrogens (tertiary/aromatic N) is 1.